The Hall–Kier alpha value is -1.79. The number of ether oxygens (including phenoxy) is 4. The molecule has 6 nitrogen and oxygen atoms in total. The van der Waals surface area contributed by atoms with Crippen LogP contribution in [0.1, 0.15) is 30.1 Å². The first-order valence-corrected chi connectivity index (χ1v) is 8.72. The minimum Gasteiger partial charge on any atom is -0.486 e. The third-order valence-electron chi connectivity index (χ3n) is 4.97. The van der Waals surface area contributed by atoms with E-state index in [0.29, 0.717) is 50.0 Å². The van der Waals surface area contributed by atoms with Gasteiger partial charge in [0.1, 0.15) is 19.3 Å². The Morgan fingerprint density at radius 3 is 3.00 bits per heavy atom. The number of para-hydroxylation sites is 1. The van der Waals surface area contributed by atoms with E-state index < -0.39 is 0 Å². The molecule has 6 heteroatoms. The fourth-order valence-electron chi connectivity index (χ4n) is 3.96. The lowest BCUT2D eigenvalue weighted by Gasteiger charge is -2.39. The molecule has 0 unspecified atom stereocenters. The number of hydrogen-bond donors (Lipinski definition) is 0. The Kier molecular flexibility index (Phi) is 4.33. The molecule has 0 spiro atoms. The van der Waals surface area contributed by atoms with Crippen molar-refractivity contribution in [2.24, 2.45) is 0 Å². The molecule has 1 saturated heterocycles. The second kappa shape index (κ2) is 6.61. The molecule has 2 heterocycles. The van der Waals surface area contributed by atoms with Gasteiger partial charge in [-0.2, -0.15) is 0 Å². The molecule has 0 N–H and O–H groups in total. The standard InChI is InChI=1S/C18H23NO5/c1-2-21-15-7-6-13-17(15)23-9-8-19(13)18(20)12-4-3-5-14-16(12)24-11-10-22-14/h3-5,13,15,17H,2,6-11H2,1H3/t13-,15-,17-/m1/s1. The van der Waals surface area contributed by atoms with E-state index in [4.69, 9.17) is 18.9 Å². The average molecular weight is 333 g/mol. The highest BCUT2D eigenvalue weighted by Gasteiger charge is 2.45. The SMILES string of the molecule is CCO[C@@H]1CC[C@@H]2[C@H]1OCCN2C(=O)c1cccc2c1OCCO2. The van der Waals surface area contributed by atoms with Crippen LogP contribution in [0.25, 0.3) is 0 Å². The summed E-state index contributed by atoms with van der Waals surface area (Å²) in [7, 11) is 0. The second-order valence-electron chi connectivity index (χ2n) is 6.30. The van der Waals surface area contributed by atoms with E-state index in [0.717, 1.165) is 12.8 Å². The number of benzene rings is 1. The minimum atomic E-state index is -0.0284. The zero-order valence-corrected chi connectivity index (χ0v) is 13.9. The summed E-state index contributed by atoms with van der Waals surface area (Å²) in [6, 6.07) is 5.57. The van der Waals surface area contributed by atoms with Crippen LogP contribution in [0.15, 0.2) is 18.2 Å². The third kappa shape index (κ3) is 2.63. The van der Waals surface area contributed by atoms with Crippen LogP contribution < -0.4 is 9.47 Å². The number of rotatable bonds is 3. The van der Waals surface area contributed by atoms with E-state index in [-0.39, 0.29) is 24.2 Å². The van der Waals surface area contributed by atoms with Crippen molar-refractivity contribution in [3.8, 4) is 11.5 Å². The summed E-state index contributed by atoms with van der Waals surface area (Å²) >= 11 is 0. The molecule has 2 aliphatic heterocycles. The lowest BCUT2D eigenvalue weighted by atomic mass is 10.1. The average Bonchev–Trinajstić information content (AvgIpc) is 3.04. The summed E-state index contributed by atoms with van der Waals surface area (Å²) in [6.45, 7) is 4.79. The summed E-state index contributed by atoms with van der Waals surface area (Å²) in [5.41, 5.74) is 0.577. The van der Waals surface area contributed by atoms with Gasteiger partial charge in [-0.15, -0.1) is 0 Å². The van der Waals surface area contributed by atoms with E-state index in [1.807, 2.05) is 30.0 Å². The Labute approximate surface area is 141 Å². The second-order valence-corrected chi connectivity index (χ2v) is 6.30. The van der Waals surface area contributed by atoms with Crippen LogP contribution in [-0.2, 0) is 9.47 Å². The lowest BCUT2D eigenvalue weighted by Crippen LogP contribution is -2.54. The molecule has 1 saturated carbocycles. The molecule has 3 aliphatic rings. The van der Waals surface area contributed by atoms with Crippen molar-refractivity contribution in [1.82, 2.24) is 4.90 Å². The first kappa shape index (κ1) is 15.7. The summed E-state index contributed by atoms with van der Waals surface area (Å²) in [4.78, 5) is 15.1. The molecule has 0 bridgehead atoms. The van der Waals surface area contributed by atoms with Crippen LogP contribution in [0.3, 0.4) is 0 Å². The summed E-state index contributed by atoms with van der Waals surface area (Å²) in [6.07, 6.45) is 1.90. The highest BCUT2D eigenvalue weighted by atomic mass is 16.6. The molecular formula is C18H23NO5. The van der Waals surface area contributed by atoms with Crippen LogP contribution in [0.2, 0.25) is 0 Å². The van der Waals surface area contributed by atoms with Crippen molar-refractivity contribution in [3.05, 3.63) is 23.8 Å². The maximum atomic E-state index is 13.2. The summed E-state index contributed by atoms with van der Waals surface area (Å²) in [5, 5.41) is 0. The number of amides is 1. The number of carbonyl (C=O) groups excluding carboxylic acids is 1. The Balaban J connectivity index is 1.59. The van der Waals surface area contributed by atoms with Gasteiger partial charge in [-0.3, -0.25) is 4.79 Å². The molecule has 1 aromatic rings. The minimum absolute atomic E-state index is 0.00667. The number of fused-ring (bicyclic) bond motifs is 2. The van der Waals surface area contributed by atoms with Gasteiger partial charge < -0.3 is 23.8 Å². The molecule has 1 aliphatic carbocycles. The van der Waals surface area contributed by atoms with Crippen molar-refractivity contribution >= 4 is 5.91 Å². The third-order valence-corrected chi connectivity index (χ3v) is 4.97. The Bertz CT molecular complexity index is 619. The van der Waals surface area contributed by atoms with Gasteiger partial charge in [0.05, 0.1) is 24.3 Å². The van der Waals surface area contributed by atoms with Crippen molar-refractivity contribution in [3.63, 3.8) is 0 Å². The van der Waals surface area contributed by atoms with E-state index in [1.165, 1.54) is 0 Å². The fraction of sp³-hybridized carbons (Fsp3) is 0.611. The zero-order valence-electron chi connectivity index (χ0n) is 13.9. The lowest BCUT2D eigenvalue weighted by molar-refractivity contribution is -0.102. The van der Waals surface area contributed by atoms with E-state index in [1.54, 1.807) is 0 Å². The highest BCUT2D eigenvalue weighted by molar-refractivity contribution is 5.98. The smallest absolute Gasteiger partial charge is 0.258 e. The normalized spacial score (nSPS) is 28.5. The molecule has 0 radical (unpaired) electrons. The quantitative estimate of drug-likeness (QED) is 0.845. The van der Waals surface area contributed by atoms with Gasteiger partial charge in [-0.1, -0.05) is 6.07 Å². The van der Waals surface area contributed by atoms with Gasteiger partial charge in [-0.25, -0.2) is 0 Å². The van der Waals surface area contributed by atoms with Crippen molar-refractivity contribution in [2.75, 3.05) is 33.0 Å². The molecule has 2 fully saturated rings. The van der Waals surface area contributed by atoms with Crippen LogP contribution in [0.5, 0.6) is 11.5 Å². The molecule has 3 atom stereocenters. The summed E-state index contributed by atoms with van der Waals surface area (Å²) in [5.74, 6) is 1.21. The van der Waals surface area contributed by atoms with Crippen molar-refractivity contribution in [1.29, 1.82) is 0 Å². The van der Waals surface area contributed by atoms with Gasteiger partial charge in [0, 0.05) is 13.2 Å². The van der Waals surface area contributed by atoms with Gasteiger partial charge in [0.25, 0.3) is 5.91 Å². The topological polar surface area (TPSA) is 57.2 Å². The molecule has 1 aromatic carbocycles. The van der Waals surface area contributed by atoms with Crippen LogP contribution >= 0.6 is 0 Å². The number of carbonyl (C=O) groups is 1. The van der Waals surface area contributed by atoms with Crippen LogP contribution in [0.4, 0.5) is 0 Å². The molecular weight excluding hydrogens is 310 g/mol. The predicted octanol–water partition coefficient (Wildman–Crippen LogP) is 1.87. The van der Waals surface area contributed by atoms with E-state index >= 15 is 0 Å². The van der Waals surface area contributed by atoms with Crippen LogP contribution in [-0.4, -0.2) is 62.0 Å². The summed E-state index contributed by atoms with van der Waals surface area (Å²) < 4.78 is 23.0. The maximum Gasteiger partial charge on any atom is 0.258 e. The first-order valence-electron chi connectivity index (χ1n) is 8.72. The monoisotopic (exact) mass is 333 g/mol. The van der Waals surface area contributed by atoms with Crippen molar-refractivity contribution in [2.45, 2.75) is 38.0 Å². The van der Waals surface area contributed by atoms with Gasteiger partial charge in [-0.05, 0) is 31.9 Å². The van der Waals surface area contributed by atoms with Gasteiger partial charge >= 0.3 is 0 Å². The number of nitrogens with zero attached hydrogens (tertiary/aromatic N) is 1. The largest absolute Gasteiger partial charge is 0.486 e. The van der Waals surface area contributed by atoms with Crippen LogP contribution in [0, 0.1) is 0 Å². The molecule has 1 amide bonds. The van der Waals surface area contributed by atoms with Gasteiger partial charge in [0.2, 0.25) is 0 Å². The van der Waals surface area contributed by atoms with Crippen molar-refractivity contribution < 1.29 is 23.7 Å². The number of hydrogen-bond acceptors (Lipinski definition) is 5. The zero-order chi connectivity index (χ0) is 16.5. The predicted molar refractivity (Wildman–Crippen MR) is 86.6 cm³/mol. The molecule has 130 valence electrons. The first-order chi connectivity index (χ1) is 11.8. The molecule has 4 rings (SSSR count). The molecule has 0 aromatic heterocycles. The number of morpholine rings is 1. The maximum absolute atomic E-state index is 13.2. The fourth-order valence-corrected chi connectivity index (χ4v) is 3.96. The highest BCUT2D eigenvalue weighted by Crippen LogP contribution is 2.37. The Morgan fingerprint density at radius 1 is 1.25 bits per heavy atom. The van der Waals surface area contributed by atoms with Gasteiger partial charge in [0.15, 0.2) is 11.5 Å². The Morgan fingerprint density at radius 2 is 2.12 bits per heavy atom. The molecule has 24 heavy (non-hydrogen) atoms. The van der Waals surface area contributed by atoms with E-state index in [2.05, 4.69) is 0 Å². The van der Waals surface area contributed by atoms with E-state index in [9.17, 15) is 4.79 Å².